The van der Waals surface area contributed by atoms with Gasteiger partial charge >= 0.3 is 66.7 Å². The predicted molar refractivity (Wildman–Crippen MR) is 36.9 cm³/mol. The van der Waals surface area contributed by atoms with Crippen LogP contribution in [0.15, 0.2) is 0 Å². The fourth-order valence-corrected chi connectivity index (χ4v) is 0. The van der Waals surface area contributed by atoms with Crippen LogP contribution in [0.1, 0.15) is 6.92 Å². The van der Waals surface area contributed by atoms with Crippen molar-refractivity contribution in [3.63, 3.8) is 0 Å². The summed E-state index contributed by atoms with van der Waals surface area (Å²) < 4.78 is 9.69. The van der Waals surface area contributed by atoms with Gasteiger partial charge in [-0.3, -0.25) is 4.57 Å². The molecule has 0 rings (SSSR count). The van der Waals surface area contributed by atoms with Crippen LogP contribution >= 0.6 is 7.60 Å². The Balaban J connectivity index is -0.000000125. The molecule has 0 amide bonds. The first kappa shape index (κ1) is 16.6. The van der Waals surface area contributed by atoms with Crippen molar-refractivity contribution >= 4 is 66.7 Å². The van der Waals surface area contributed by atoms with Gasteiger partial charge in [0.05, 0.1) is 0 Å². The van der Waals surface area contributed by atoms with E-state index in [0.29, 0.717) is 0 Å². The Morgan fingerprint density at radius 1 is 1.38 bits per heavy atom. The summed E-state index contributed by atoms with van der Waals surface area (Å²) in [4.78, 5) is 15.9. The molecule has 0 bridgehead atoms. The SMILES string of the molecule is CCP(=O)(O)O.[NaH].[NaH]. The molecule has 0 heterocycles. The Bertz CT molecular complexity index is 79.4. The fraction of sp³-hybridized carbons (Fsp3) is 1.00. The van der Waals surface area contributed by atoms with E-state index in [1.807, 2.05) is 0 Å². The summed E-state index contributed by atoms with van der Waals surface area (Å²) in [5.41, 5.74) is 0. The molecular weight excluding hydrogens is 149 g/mol. The van der Waals surface area contributed by atoms with E-state index in [0.717, 1.165) is 0 Å². The van der Waals surface area contributed by atoms with Crippen LogP contribution in [0.3, 0.4) is 0 Å². The molecule has 0 saturated carbocycles. The molecule has 0 saturated heterocycles. The Labute approximate surface area is 93.0 Å². The van der Waals surface area contributed by atoms with Crippen molar-refractivity contribution in [2.24, 2.45) is 0 Å². The zero-order chi connectivity index (χ0) is 5.21. The molecule has 0 aliphatic carbocycles. The van der Waals surface area contributed by atoms with E-state index in [-0.39, 0.29) is 65.3 Å². The molecule has 0 fully saturated rings. The minimum atomic E-state index is -3.65. The van der Waals surface area contributed by atoms with Crippen molar-refractivity contribution < 1.29 is 14.4 Å². The van der Waals surface area contributed by atoms with Gasteiger partial charge in [0.25, 0.3) is 0 Å². The number of rotatable bonds is 1. The summed E-state index contributed by atoms with van der Waals surface area (Å²) >= 11 is 0. The van der Waals surface area contributed by atoms with E-state index in [1.54, 1.807) is 0 Å². The van der Waals surface area contributed by atoms with E-state index < -0.39 is 7.60 Å². The molecule has 0 aromatic carbocycles. The molecule has 0 aliphatic heterocycles. The molecule has 3 nitrogen and oxygen atoms in total. The molecular formula is C2H9Na2O3P. The van der Waals surface area contributed by atoms with E-state index in [1.165, 1.54) is 6.92 Å². The quantitative estimate of drug-likeness (QED) is 0.375. The third-order valence-corrected chi connectivity index (χ3v) is 1.24. The zero-order valence-corrected chi connectivity index (χ0v) is 4.35. The molecule has 0 radical (unpaired) electrons. The van der Waals surface area contributed by atoms with Gasteiger partial charge in [0.15, 0.2) is 0 Å². The van der Waals surface area contributed by atoms with Crippen molar-refractivity contribution in [3.8, 4) is 0 Å². The maximum absolute atomic E-state index is 9.69. The number of hydrogen-bond acceptors (Lipinski definition) is 1. The van der Waals surface area contributed by atoms with E-state index >= 15 is 0 Å². The standard InChI is InChI=1S/C2H7O3P.2Na.2H/c1-2-6(3,4)5;;;;/h2H2,1H3,(H2,3,4,5);;;;. The van der Waals surface area contributed by atoms with Gasteiger partial charge in [0, 0.05) is 6.16 Å². The average Bonchev–Trinajstić information content (AvgIpc) is 1.35. The van der Waals surface area contributed by atoms with E-state index in [2.05, 4.69) is 0 Å². The Kier molecular flexibility index (Phi) is 15.1. The second-order valence-electron chi connectivity index (χ2n) is 0.981. The van der Waals surface area contributed by atoms with Crippen molar-refractivity contribution in [1.29, 1.82) is 0 Å². The molecule has 0 aromatic rings. The second-order valence-corrected chi connectivity index (χ2v) is 2.94. The fourth-order valence-electron chi connectivity index (χ4n) is 0. The summed E-state index contributed by atoms with van der Waals surface area (Å²) in [7, 11) is -3.65. The summed E-state index contributed by atoms with van der Waals surface area (Å²) in [6.45, 7) is 1.45. The molecule has 0 aromatic heterocycles. The van der Waals surface area contributed by atoms with Gasteiger partial charge in [-0.05, 0) is 0 Å². The Hall–Kier alpha value is 2.15. The van der Waals surface area contributed by atoms with Crippen LogP contribution in [0.5, 0.6) is 0 Å². The van der Waals surface area contributed by atoms with E-state index in [9.17, 15) is 4.57 Å². The summed E-state index contributed by atoms with van der Waals surface area (Å²) in [5, 5.41) is 0. The molecule has 0 atom stereocenters. The third kappa shape index (κ3) is 15.7. The summed E-state index contributed by atoms with van der Waals surface area (Å²) in [6, 6.07) is 0. The zero-order valence-electron chi connectivity index (χ0n) is 3.46. The molecule has 0 unspecified atom stereocenters. The molecule has 6 heteroatoms. The van der Waals surface area contributed by atoms with Crippen LogP contribution < -0.4 is 0 Å². The summed E-state index contributed by atoms with van der Waals surface area (Å²) in [5.74, 6) is 0. The maximum atomic E-state index is 9.69. The molecule has 0 aliphatic rings. The van der Waals surface area contributed by atoms with Crippen LogP contribution in [-0.4, -0.2) is 75.1 Å². The number of hydrogen-bond donors (Lipinski definition) is 2. The van der Waals surface area contributed by atoms with Crippen molar-refractivity contribution in [1.82, 2.24) is 0 Å². The monoisotopic (exact) mass is 158 g/mol. The van der Waals surface area contributed by atoms with Gasteiger partial charge in [-0.15, -0.1) is 0 Å². The van der Waals surface area contributed by atoms with Gasteiger partial charge in [-0.25, -0.2) is 0 Å². The molecule has 8 heavy (non-hydrogen) atoms. The normalized spacial score (nSPS) is 8.88. The average molecular weight is 158 g/mol. The predicted octanol–water partition coefficient (Wildman–Crippen LogP) is -1.11. The van der Waals surface area contributed by atoms with Crippen LogP contribution in [0, 0.1) is 0 Å². The Morgan fingerprint density at radius 2 is 1.50 bits per heavy atom. The first-order valence-corrected chi connectivity index (χ1v) is 3.40. The van der Waals surface area contributed by atoms with Crippen molar-refractivity contribution in [3.05, 3.63) is 0 Å². The van der Waals surface area contributed by atoms with Crippen molar-refractivity contribution in [2.45, 2.75) is 6.92 Å². The van der Waals surface area contributed by atoms with Crippen LogP contribution in [0.2, 0.25) is 0 Å². The first-order chi connectivity index (χ1) is 2.56. The second kappa shape index (κ2) is 7.26. The van der Waals surface area contributed by atoms with Gasteiger partial charge in [0.1, 0.15) is 0 Å². The van der Waals surface area contributed by atoms with Gasteiger partial charge in [-0.1, -0.05) is 6.92 Å². The van der Waals surface area contributed by atoms with Gasteiger partial charge < -0.3 is 9.79 Å². The van der Waals surface area contributed by atoms with Crippen LogP contribution in [-0.2, 0) is 4.57 Å². The van der Waals surface area contributed by atoms with Crippen LogP contribution in [0.25, 0.3) is 0 Å². The molecule has 2 N–H and O–H groups in total. The Morgan fingerprint density at radius 3 is 1.50 bits per heavy atom. The first-order valence-electron chi connectivity index (χ1n) is 1.61. The van der Waals surface area contributed by atoms with E-state index in [4.69, 9.17) is 9.79 Å². The van der Waals surface area contributed by atoms with Crippen LogP contribution in [0.4, 0.5) is 0 Å². The molecule has 0 spiro atoms. The minimum absolute atomic E-state index is 0. The van der Waals surface area contributed by atoms with Crippen molar-refractivity contribution in [2.75, 3.05) is 6.16 Å². The third-order valence-electron chi connectivity index (χ3n) is 0.412. The summed E-state index contributed by atoms with van der Waals surface area (Å²) in [6.07, 6.45) is -0.0625. The molecule has 42 valence electrons. The topological polar surface area (TPSA) is 57.5 Å². The van der Waals surface area contributed by atoms with Gasteiger partial charge in [0.2, 0.25) is 0 Å². The van der Waals surface area contributed by atoms with Gasteiger partial charge in [-0.2, -0.15) is 0 Å².